The average molecular weight is 826 g/mol. The lowest BCUT2D eigenvalue weighted by Crippen LogP contribution is -2.52. The zero-order valence-electron chi connectivity index (χ0n) is 31.8. The van der Waals surface area contributed by atoms with Crippen LogP contribution in [0.1, 0.15) is 30.0 Å². The molecule has 3 heterocycles. The van der Waals surface area contributed by atoms with Crippen LogP contribution in [0, 0.1) is 5.92 Å². The largest absolute Gasteiger partial charge is 0.497 e. The van der Waals surface area contributed by atoms with E-state index in [-0.39, 0.29) is 55.3 Å². The van der Waals surface area contributed by atoms with Gasteiger partial charge in [-0.15, -0.1) is 0 Å². The van der Waals surface area contributed by atoms with Crippen LogP contribution in [0.2, 0.25) is 18.6 Å². The van der Waals surface area contributed by atoms with Crippen LogP contribution in [-0.4, -0.2) is 81.8 Å². The molecular formula is C43H49BrN4O6Si. The number of hydrogen-bond acceptors (Lipinski definition) is 7. The van der Waals surface area contributed by atoms with Gasteiger partial charge in [-0.2, -0.15) is 0 Å². The van der Waals surface area contributed by atoms with E-state index >= 15 is 4.79 Å². The predicted molar refractivity (Wildman–Crippen MR) is 220 cm³/mol. The fraction of sp³-hybridized carbons (Fsp3) is 0.372. The number of aliphatic hydroxyl groups excluding tert-OH is 1. The maximum Gasteiger partial charge on any atom is 0.264 e. The standard InChI is InChI=1S/C43H49BrN4O6Si/c1-29-41(55(3,4)35-16-14-34(53-2)15-17-35)38(25-39(50)46(21-22-49)27-30-9-6-5-7-10-30)54-43(29)36-24-32(44)13-18-37(36)48(42(43)52)28-31-11-8-12-33(23-31)47-20-19-45-26-40(47)51/h5-18,23-24,29,38,41,45,49H,19-22,25-28H2,1-4H3/t29-,38+,41-,43+/m1/s1. The van der Waals surface area contributed by atoms with Crippen LogP contribution in [0.5, 0.6) is 5.75 Å². The zero-order valence-corrected chi connectivity index (χ0v) is 34.4. The summed E-state index contributed by atoms with van der Waals surface area (Å²) in [5, 5.41) is 14.3. The van der Waals surface area contributed by atoms with Crippen molar-refractivity contribution in [3.05, 3.63) is 118 Å². The molecule has 2 saturated heterocycles. The van der Waals surface area contributed by atoms with Crippen molar-refractivity contribution >= 4 is 58.3 Å². The van der Waals surface area contributed by atoms with Crippen molar-refractivity contribution in [3.63, 3.8) is 0 Å². The van der Waals surface area contributed by atoms with E-state index < -0.39 is 19.8 Å². The molecule has 0 unspecified atom stereocenters. The van der Waals surface area contributed by atoms with E-state index in [4.69, 9.17) is 9.47 Å². The molecule has 0 bridgehead atoms. The summed E-state index contributed by atoms with van der Waals surface area (Å²) >= 11 is 3.69. The van der Waals surface area contributed by atoms with E-state index in [1.165, 1.54) is 5.19 Å². The number of rotatable bonds is 12. The molecule has 3 aliphatic rings. The number of carbonyl (C=O) groups is 3. The van der Waals surface area contributed by atoms with Gasteiger partial charge in [0.05, 0.1) is 53.1 Å². The third kappa shape index (κ3) is 7.38. The summed E-state index contributed by atoms with van der Waals surface area (Å²) in [4.78, 5) is 47.8. The maximum absolute atomic E-state index is 15.3. The molecule has 0 aromatic heterocycles. The van der Waals surface area contributed by atoms with Crippen molar-refractivity contribution in [2.75, 3.05) is 49.7 Å². The van der Waals surface area contributed by atoms with Gasteiger partial charge in [0.1, 0.15) is 5.75 Å². The molecule has 55 heavy (non-hydrogen) atoms. The van der Waals surface area contributed by atoms with Crippen molar-refractivity contribution in [3.8, 4) is 5.75 Å². The number of aliphatic hydroxyl groups is 1. The van der Waals surface area contributed by atoms with Crippen LogP contribution < -0.4 is 25.0 Å². The number of halogens is 1. The van der Waals surface area contributed by atoms with Gasteiger partial charge in [-0.25, -0.2) is 0 Å². The number of hydrogen-bond donors (Lipinski definition) is 2. The Kier molecular flexibility index (Phi) is 11.3. The first-order valence-corrected chi connectivity index (χ1v) is 22.8. The molecule has 3 aliphatic heterocycles. The molecule has 4 atom stereocenters. The second-order valence-electron chi connectivity index (χ2n) is 15.3. The Morgan fingerprint density at radius 3 is 2.47 bits per heavy atom. The summed E-state index contributed by atoms with van der Waals surface area (Å²) in [7, 11) is -0.865. The third-order valence-electron chi connectivity index (χ3n) is 11.8. The molecule has 12 heteroatoms. The van der Waals surface area contributed by atoms with Gasteiger partial charge < -0.3 is 34.6 Å². The predicted octanol–water partition coefficient (Wildman–Crippen LogP) is 5.57. The SMILES string of the molecule is COc1ccc([Si](C)(C)[C@H]2[C@H](CC(=O)N(CCO)Cc3ccccc3)O[C@@]3(C(=O)N(Cc4cccc(N5CCNCC5=O)c4)c4ccc(Br)cc43)[C@@H]2C)cc1. The van der Waals surface area contributed by atoms with Gasteiger partial charge in [0.15, 0.2) is 5.60 Å². The van der Waals surface area contributed by atoms with Crippen molar-refractivity contribution in [2.45, 2.75) is 56.8 Å². The van der Waals surface area contributed by atoms with E-state index in [1.54, 1.807) is 16.9 Å². The Labute approximate surface area is 332 Å². The van der Waals surface area contributed by atoms with Crippen LogP contribution in [0.3, 0.4) is 0 Å². The molecule has 4 aromatic rings. The summed E-state index contributed by atoms with van der Waals surface area (Å²) in [5.74, 6) is 0.184. The minimum Gasteiger partial charge on any atom is -0.497 e. The van der Waals surface area contributed by atoms with Crippen LogP contribution in [0.4, 0.5) is 11.4 Å². The summed E-state index contributed by atoms with van der Waals surface area (Å²) < 4.78 is 13.6. The summed E-state index contributed by atoms with van der Waals surface area (Å²) in [6.45, 7) is 8.96. The summed E-state index contributed by atoms with van der Waals surface area (Å²) in [5.41, 5.74) is 2.73. The number of nitrogens with one attached hydrogen (secondary N) is 1. The molecule has 10 nitrogen and oxygen atoms in total. The lowest BCUT2D eigenvalue weighted by Gasteiger charge is -2.37. The maximum atomic E-state index is 15.3. The monoisotopic (exact) mass is 824 g/mol. The molecule has 0 radical (unpaired) electrons. The first-order chi connectivity index (χ1) is 26.5. The van der Waals surface area contributed by atoms with Gasteiger partial charge in [0.25, 0.3) is 5.91 Å². The Balaban J connectivity index is 1.27. The molecule has 4 aromatic carbocycles. The van der Waals surface area contributed by atoms with Crippen molar-refractivity contribution < 1.29 is 29.0 Å². The van der Waals surface area contributed by atoms with Gasteiger partial charge in [0, 0.05) is 47.8 Å². The van der Waals surface area contributed by atoms with Gasteiger partial charge in [-0.05, 0) is 59.1 Å². The molecule has 3 amide bonds. The Hall–Kier alpha value is -4.33. The van der Waals surface area contributed by atoms with Crippen LogP contribution >= 0.6 is 15.9 Å². The Bertz CT molecular complexity index is 2050. The fourth-order valence-electron chi connectivity index (χ4n) is 9.05. The third-order valence-corrected chi connectivity index (χ3v) is 16.6. The number of carbonyl (C=O) groups excluding carboxylic acids is 3. The smallest absolute Gasteiger partial charge is 0.264 e. The molecule has 7 rings (SSSR count). The average Bonchev–Trinajstić information content (AvgIpc) is 3.61. The van der Waals surface area contributed by atoms with Crippen molar-refractivity contribution in [1.82, 2.24) is 10.2 Å². The molecule has 2 N–H and O–H groups in total. The first kappa shape index (κ1) is 38.9. The van der Waals surface area contributed by atoms with Crippen LogP contribution in [0.15, 0.2) is 102 Å². The molecule has 1 spiro atoms. The molecule has 0 aliphatic carbocycles. The molecule has 2 fully saturated rings. The normalized spacial score (nSPS) is 22.3. The number of nitrogens with zero attached hydrogens (tertiary/aromatic N) is 3. The van der Waals surface area contributed by atoms with Crippen LogP contribution in [-0.2, 0) is 37.8 Å². The molecule has 288 valence electrons. The van der Waals surface area contributed by atoms with Gasteiger partial charge >= 0.3 is 0 Å². The highest BCUT2D eigenvalue weighted by molar-refractivity contribution is 9.10. The van der Waals surface area contributed by atoms with Crippen LogP contribution in [0.25, 0.3) is 0 Å². The highest BCUT2D eigenvalue weighted by atomic mass is 79.9. The van der Waals surface area contributed by atoms with Gasteiger partial charge in [-0.1, -0.05) is 95.7 Å². The lowest BCUT2D eigenvalue weighted by atomic mass is 9.82. The van der Waals surface area contributed by atoms with E-state index in [9.17, 15) is 14.7 Å². The number of amides is 3. The molecule has 0 saturated carbocycles. The highest BCUT2D eigenvalue weighted by Gasteiger charge is 2.66. The number of piperazine rings is 1. The summed E-state index contributed by atoms with van der Waals surface area (Å²) in [6.07, 6.45) is -0.519. The molecular weight excluding hydrogens is 776 g/mol. The zero-order chi connectivity index (χ0) is 38.9. The topological polar surface area (TPSA) is 112 Å². The van der Waals surface area contributed by atoms with E-state index in [0.717, 1.165) is 38.3 Å². The summed E-state index contributed by atoms with van der Waals surface area (Å²) in [6, 6.07) is 31.7. The minimum absolute atomic E-state index is 0.0135. The van der Waals surface area contributed by atoms with E-state index in [2.05, 4.69) is 53.4 Å². The van der Waals surface area contributed by atoms with Crippen molar-refractivity contribution in [2.24, 2.45) is 5.92 Å². The highest BCUT2D eigenvalue weighted by Crippen LogP contribution is 2.60. The minimum atomic E-state index is -2.52. The first-order valence-electron chi connectivity index (χ1n) is 18.9. The van der Waals surface area contributed by atoms with E-state index in [0.29, 0.717) is 26.2 Å². The number of anilines is 2. The second kappa shape index (κ2) is 16.0. The number of benzene rings is 4. The van der Waals surface area contributed by atoms with Gasteiger partial charge in [-0.3, -0.25) is 14.4 Å². The van der Waals surface area contributed by atoms with Crippen molar-refractivity contribution in [1.29, 1.82) is 0 Å². The number of methoxy groups -OCH3 is 1. The van der Waals surface area contributed by atoms with E-state index in [1.807, 2.05) is 89.8 Å². The van der Waals surface area contributed by atoms with Gasteiger partial charge in [0.2, 0.25) is 11.8 Å². The Morgan fingerprint density at radius 1 is 1.02 bits per heavy atom. The lowest BCUT2D eigenvalue weighted by molar-refractivity contribution is -0.150. The number of fused-ring (bicyclic) bond motifs is 2. The quantitative estimate of drug-likeness (QED) is 0.180. The second-order valence-corrected chi connectivity index (χ2v) is 20.9. The fourth-order valence-corrected chi connectivity index (χ4v) is 13.4. The number of ether oxygens (including phenoxy) is 2. The Morgan fingerprint density at radius 2 is 1.76 bits per heavy atom.